The Labute approximate surface area is 95.5 Å². The van der Waals surface area contributed by atoms with Gasteiger partial charge in [-0.15, -0.1) is 0 Å². The van der Waals surface area contributed by atoms with E-state index in [2.05, 4.69) is 5.32 Å². The summed E-state index contributed by atoms with van der Waals surface area (Å²) in [6, 6.07) is 8.76. The number of benzene rings is 1. The molecule has 0 spiro atoms. The van der Waals surface area contributed by atoms with Gasteiger partial charge in [-0.25, -0.2) is 0 Å². The number of hydrogen-bond acceptors (Lipinski definition) is 3. The van der Waals surface area contributed by atoms with E-state index < -0.39 is 0 Å². The number of nitrogens with zero attached hydrogens (tertiary/aromatic N) is 2. The fourth-order valence-electron chi connectivity index (χ4n) is 1.32. The zero-order valence-corrected chi connectivity index (χ0v) is 9.53. The number of carbonyl (C=O) groups excluding carboxylic acids is 1. The normalized spacial score (nSPS) is 9.56. The third-order valence-electron chi connectivity index (χ3n) is 2.28. The van der Waals surface area contributed by atoms with Crippen LogP contribution >= 0.6 is 0 Å². The molecule has 0 unspecified atom stereocenters. The summed E-state index contributed by atoms with van der Waals surface area (Å²) in [5.74, 6) is -0.0626. The average Bonchev–Trinajstić information content (AvgIpc) is 2.35. The van der Waals surface area contributed by atoms with Crippen molar-refractivity contribution in [3.05, 3.63) is 35.4 Å². The number of rotatable bonds is 4. The molecule has 1 rings (SSSR count). The van der Waals surface area contributed by atoms with E-state index in [1.165, 1.54) is 0 Å². The van der Waals surface area contributed by atoms with Crippen LogP contribution in [-0.2, 0) is 0 Å². The SMILES string of the molecule is CNCCN(C)C(=O)c1cccc(C#N)c1. The number of nitrogens with one attached hydrogen (secondary N) is 1. The number of likely N-dealkylation sites (N-methyl/N-ethyl adjacent to an activating group) is 2. The first-order chi connectivity index (χ1) is 7.69. The summed E-state index contributed by atoms with van der Waals surface area (Å²) in [7, 11) is 3.59. The molecule has 0 fully saturated rings. The van der Waals surface area contributed by atoms with Crippen LogP contribution in [0.5, 0.6) is 0 Å². The number of carbonyl (C=O) groups is 1. The molecule has 0 aliphatic rings. The van der Waals surface area contributed by atoms with Crippen LogP contribution in [0.25, 0.3) is 0 Å². The van der Waals surface area contributed by atoms with Gasteiger partial charge in [0.05, 0.1) is 11.6 Å². The molecule has 16 heavy (non-hydrogen) atoms. The minimum atomic E-state index is -0.0626. The predicted molar refractivity (Wildman–Crippen MR) is 62.0 cm³/mol. The van der Waals surface area contributed by atoms with Crippen molar-refractivity contribution >= 4 is 5.91 Å². The van der Waals surface area contributed by atoms with Crippen LogP contribution < -0.4 is 5.32 Å². The molecule has 84 valence electrons. The molecule has 0 heterocycles. The lowest BCUT2D eigenvalue weighted by atomic mass is 10.1. The zero-order valence-electron chi connectivity index (χ0n) is 9.53. The van der Waals surface area contributed by atoms with Crippen molar-refractivity contribution in [1.82, 2.24) is 10.2 Å². The third kappa shape index (κ3) is 3.07. The standard InChI is InChI=1S/C12H15N3O/c1-14-6-7-15(2)12(16)11-5-3-4-10(8-11)9-13/h3-5,8,14H,6-7H2,1-2H3. The van der Waals surface area contributed by atoms with E-state index in [1.54, 1.807) is 36.2 Å². The molecule has 0 aromatic heterocycles. The van der Waals surface area contributed by atoms with Gasteiger partial charge in [-0.1, -0.05) is 6.07 Å². The molecule has 0 saturated heterocycles. The Kier molecular flexibility index (Phi) is 4.49. The summed E-state index contributed by atoms with van der Waals surface area (Å²) in [6.07, 6.45) is 0. The van der Waals surface area contributed by atoms with E-state index in [1.807, 2.05) is 13.1 Å². The molecular weight excluding hydrogens is 202 g/mol. The molecule has 1 N–H and O–H groups in total. The summed E-state index contributed by atoms with van der Waals surface area (Å²) in [5.41, 5.74) is 1.06. The van der Waals surface area contributed by atoms with Crippen LogP contribution in [0, 0.1) is 11.3 Å². The second kappa shape index (κ2) is 5.89. The summed E-state index contributed by atoms with van der Waals surface area (Å²) >= 11 is 0. The molecule has 0 radical (unpaired) electrons. The first-order valence-corrected chi connectivity index (χ1v) is 5.09. The van der Waals surface area contributed by atoms with Crippen LogP contribution in [0.15, 0.2) is 24.3 Å². The van der Waals surface area contributed by atoms with E-state index in [9.17, 15) is 4.79 Å². The maximum Gasteiger partial charge on any atom is 0.253 e. The second-order valence-electron chi connectivity index (χ2n) is 3.52. The summed E-state index contributed by atoms with van der Waals surface area (Å²) in [4.78, 5) is 13.5. The van der Waals surface area contributed by atoms with Crippen molar-refractivity contribution in [3.63, 3.8) is 0 Å². The van der Waals surface area contributed by atoms with Crippen LogP contribution in [0.2, 0.25) is 0 Å². The Morgan fingerprint density at radius 2 is 2.31 bits per heavy atom. The molecule has 0 aliphatic heterocycles. The summed E-state index contributed by atoms with van der Waals surface area (Å²) < 4.78 is 0. The maximum absolute atomic E-state index is 11.9. The van der Waals surface area contributed by atoms with Crippen molar-refractivity contribution in [2.75, 3.05) is 27.2 Å². The fraction of sp³-hybridized carbons (Fsp3) is 0.333. The molecular formula is C12H15N3O. The van der Waals surface area contributed by atoms with Gasteiger partial charge in [-0.3, -0.25) is 4.79 Å². The van der Waals surface area contributed by atoms with Crippen molar-refractivity contribution < 1.29 is 4.79 Å². The second-order valence-corrected chi connectivity index (χ2v) is 3.52. The Balaban J connectivity index is 2.76. The minimum absolute atomic E-state index is 0.0626. The molecule has 4 nitrogen and oxygen atoms in total. The molecule has 1 amide bonds. The molecule has 1 aromatic carbocycles. The largest absolute Gasteiger partial charge is 0.340 e. The van der Waals surface area contributed by atoms with E-state index in [4.69, 9.17) is 5.26 Å². The number of hydrogen-bond donors (Lipinski definition) is 1. The highest BCUT2D eigenvalue weighted by atomic mass is 16.2. The van der Waals surface area contributed by atoms with Gasteiger partial charge in [0, 0.05) is 25.7 Å². The van der Waals surface area contributed by atoms with Crippen molar-refractivity contribution in [3.8, 4) is 6.07 Å². The maximum atomic E-state index is 11.9. The highest BCUT2D eigenvalue weighted by molar-refractivity contribution is 5.94. The topological polar surface area (TPSA) is 56.1 Å². The molecule has 0 aliphatic carbocycles. The van der Waals surface area contributed by atoms with E-state index in [-0.39, 0.29) is 5.91 Å². The lowest BCUT2D eigenvalue weighted by Gasteiger charge is -2.16. The smallest absolute Gasteiger partial charge is 0.253 e. The van der Waals surface area contributed by atoms with E-state index in [0.29, 0.717) is 17.7 Å². The Morgan fingerprint density at radius 3 is 2.94 bits per heavy atom. The highest BCUT2D eigenvalue weighted by Gasteiger charge is 2.10. The quantitative estimate of drug-likeness (QED) is 0.813. The lowest BCUT2D eigenvalue weighted by molar-refractivity contribution is 0.0797. The molecule has 1 aromatic rings. The Hall–Kier alpha value is -1.86. The highest BCUT2D eigenvalue weighted by Crippen LogP contribution is 2.06. The molecule has 0 bridgehead atoms. The molecule has 0 atom stereocenters. The lowest BCUT2D eigenvalue weighted by Crippen LogP contribution is -2.32. The third-order valence-corrected chi connectivity index (χ3v) is 2.28. The first kappa shape index (κ1) is 12.2. The fourth-order valence-corrected chi connectivity index (χ4v) is 1.32. The van der Waals surface area contributed by atoms with Gasteiger partial charge >= 0.3 is 0 Å². The van der Waals surface area contributed by atoms with Gasteiger partial charge < -0.3 is 10.2 Å². The summed E-state index contributed by atoms with van der Waals surface area (Å²) in [6.45, 7) is 1.40. The minimum Gasteiger partial charge on any atom is -0.340 e. The monoisotopic (exact) mass is 217 g/mol. The van der Waals surface area contributed by atoms with Crippen LogP contribution in [-0.4, -0.2) is 38.0 Å². The van der Waals surface area contributed by atoms with Crippen LogP contribution in [0.3, 0.4) is 0 Å². The van der Waals surface area contributed by atoms with Crippen LogP contribution in [0.4, 0.5) is 0 Å². The zero-order chi connectivity index (χ0) is 12.0. The van der Waals surface area contributed by atoms with Gasteiger partial charge in [0.15, 0.2) is 0 Å². The number of amides is 1. The Morgan fingerprint density at radius 1 is 1.56 bits per heavy atom. The van der Waals surface area contributed by atoms with Gasteiger partial charge in [0.25, 0.3) is 5.91 Å². The number of nitriles is 1. The van der Waals surface area contributed by atoms with E-state index >= 15 is 0 Å². The van der Waals surface area contributed by atoms with Crippen molar-refractivity contribution in [2.45, 2.75) is 0 Å². The van der Waals surface area contributed by atoms with Gasteiger partial charge in [-0.05, 0) is 25.2 Å². The molecule has 4 heteroatoms. The van der Waals surface area contributed by atoms with Gasteiger partial charge in [-0.2, -0.15) is 5.26 Å². The molecule has 0 saturated carbocycles. The van der Waals surface area contributed by atoms with Gasteiger partial charge in [0.2, 0.25) is 0 Å². The summed E-state index contributed by atoms with van der Waals surface area (Å²) in [5, 5.41) is 11.7. The van der Waals surface area contributed by atoms with E-state index in [0.717, 1.165) is 6.54 Å². The Bertz CT molecular complexity index is 409. The van der Waals surface area contributed by atoms with Crippen molar-refractivity contribution in [1.29, 1.82) is 5.26 Å². The van der Waals surface area contributed by atoms with Gasteiger partial charge in [0.1, 0.15) is 0 Å². The first-order valence-electron chi connectivity index (χ1n) is 5.09. The van der Waals surface area contributed by atoms with Crippen molar-refractivity contribution in [2.24, 2.45) is 0 Å². The van der Waals surface area contributed by atoms with Crippen LogP contribution in [0.1, 0.15) is 15.9 Å². The predicted octanol–water partition coefficient (Wildman–Crippen LogP) is 0.850. The average molecular weight is 217 g/mol.